The van der Waals surface area contributed by atoms with E-state index in [0.29, 0.717) is 22.9 Å². The van der Waals surface area contributed by atoms with Gasteiger partial charge in [0.15, 0.2) is 5.92 Å². The van der Waals surface area contributed by atoms with Crippen LogP contribution in [0.25, 0.3) is 11.1 Å². The van der Waals surface area contributed by atoms with Crippen molar-refractivity contribution in [2.75, 3.05) is 7.11 Å². The molecule has 142 valence electrons. The number of hydrogen-bond donors (Lipinski definition) is 0. The Morgan fingerprint density at radius 3 is 2.41 bits per heavy atom. The van der Waals surface area contributed by atoms with Gasteiger partial charge in [-0.05, 0) is 32.0 Å². The van der Waals surface area contributed by atoms with E-state index in [1.807, 2.05) is 6.92 Å². The summed E-state index contributed by atoms with van der Waals surface area (Å²) in [5.74, 6) is -2.59. The van der Waals surface area contributed by atoms with Crippen molar-refractivity contribution in [1.82, 2.24) is 5.16 Å². The van der Waals surface area contributed by atoms with Gasteiger partial charge in [-0.25, -0.2) is 0 Å². The molecular weight excluding hydrogens is 352 g/mol. The number of rotatable bonds is 4. The highest BCUT2D eigenvalue weighted by Crippen LogP contribution is 2.37. The average molecular weight is 372 g/mol. The quantitative estimate of drug-likeness (QED) is 0.462. The third kappa shape index (κ3) is 3.69. The molecule has 1 aliphatic rings. The lowest BCUT2D eigenvalue weighted by Gasteiger charge is -2.31. The molecule has 1 aromatic heterocycles. The first-order valence-electron chi connectivity index (χ1n) is 8.33. The van der Waals surface area contributed by atoms with Crippen molar-refractivity contribution in [2.45, 2.75) is 33.5 Å². The molecule has 0 radical (unpaired) electrons. The number of hydrogen-bond acceptors (Lipinski definition) is 8. The van der Waals surface area contributed by atoms with Gasteiger partial charge in [-0.2, -0.15) is 0 Å². The van der Waals surface area contributed by atoms with Gasteiger partial charge < -0.3 is 18.7 Å². The topological polar surface area (TPSA) is 100 Å². The van der Waals surface area contributed by atoms with Gasteiger partial charge in [-0.15, -0.1) is 0 Å². The maximum atomic E-state index is 12.0. The van der Waals surface area contributed by atoms with Crippen molar-refractivity contribution in [2.24, 2.45) is 10.9 Å². The maximum absolute atomic E-state index is 12.0. The molecule has 0 N–H and O–H groups in total. The monoisotopic (exact) mass is 372 g/mol. The van der Waals surface area contributed by atoms with Gasteiger partial charge in [-0.1, -0.05) is 5.16 Å². The van der Waals surface area contributed by atoms with Crippen LogP contribution in [0, 0.1) is 19.8 Å². The molecule has 8 nitrogen and oxygen atoms in total. The number of aliphatic imine (C=N–C) groups is 1. The number of aromatic nitrogens is 1. The van der Waals surface area contributed by atoms with Crippen molar-refractivity contribution in [3.05, 3.63) is 29.7 Å². The summed E-state index contributed by atoms with van der Waals surface area (Å²) in [7, 11) is 1.57. The number of cyclic esters (lactones) is 2. The molecule has 27 heavy (non-hydrogen) atoms. The van der Waals surface area contributed by atoms with Gasteiger partial charge >= 0.3 is 11.9 Å². The fraction of sp³-hybridized carbons (Fsp3) is 0.368. The second-order valence-corrected chi connectivity index (χ2v) is 6.58. The highest BCUT2D eigenvalue weighted by atomic mass is 16.7. The molecule has 0 amide bonds. The molecule has 0 bridgehead atoms. The summed E-state index contributed by atoms with van der Waals surface area (Å²) in [5.41, 5.74) is 2.80. The van der Waals surface area contributed by atoms with E-state index in [4.69, 9.17) is 18.7 Å². The van der Waals surface area contributed by atoms with Crippen LogP contribution in [-0.4, -0.2) is 36.2 Å². The fourth-order valence-corrected chi connectivity index (χ4v) is 2.85. The van der Waals surface area contributed by atoms with E-state index in [0.717, 1.165) is 11.1 Å². The molecule has 0 saturated carbocycles. The molecule has 2 aromatic rings. The Balaban J connectivity index is 1.93. The molecule has 0 aliphatic carbocycles. The molecule has 3 rings (SSSR count). The summed E-state index contributed by atoms with van der Waals surface area (Å²) in [6.45, 7) is 6.63. The SMILES string of the molecule is COc1ccc(/N=C/C2C(=O)OC(C)(C)OC2=O)cc1-c1c(C)noc1C. The lowest BCUT2D eigenvalue weighted by atomic mass is 10.0. The highest BCUT2D eigenvalue weighted by molar-refractivity contribution is 6.10. The van der Waals surface area contributed by atoms with Crippen LogP contribution in [0.4, 0.5) is 5.69 Å². The van der Waals surface area contributed by atoms with Crippen molar-refractivity contribution in [3.63, 3.8) is 0 Å². The van der Waals surface area contributed by atoms with Crippen LogP contribution < -0.4 is 4.74 Å². The van der Waals surface area contributed by atoms with Crippen LogP contribution in [0.5, 0.6) is 5.75 Å². The van der Waals surface area contributed by atoms with E-state index >= 15 is 0 Å². The number of nitrogens with zero attached hydrogens (tertiary/aromatic N) is 2. The highest BCUT2D eigenvalue weighted by Gasteiger charge is 2.42. The molecule has 1 aromatic carbocycles. The largest absolute Gasteiger partial charge is 0.496 e. The zero-order valence-electron chi connectivity index (χ0n) is 15.7. The van der Waals surface area contributed by atoms with Gasteiger partial charge in [0, 0.05) is 25.6 Å². The van der Waals surface area contributed by atoms with Gasteiger partial charge in [0.05, 0.1) is 24.1 Å². The minimum Gasteiger partial charge on any atom is -0.496 e. The maximum Gasteiger partial charge on any atom is 0.329 e. The van der Waals surface area contributed by atoms with Gasteiger partial charge in [-0.3, -0.25) is 14.6 Å². The summed E-state index contributed by atoms with van der Waals surface area (Å²) in [6, 6.07) is 5.22. The summed E-state index contributed by atoms with van der Waals surface area (Å²) < 4.78 is 20.8. The van der Waals surface area contributed by atoms with Gasteiger partial charge in [0.1, 0.15) is 11.5 Å². The first kappa shape index (κ1) is 18.6. The minimum absolute atomic E-state index is 0.524. The van der Waals surface area contributed by atoms with Crippen molar-refractivity contribution in [1.29, 1.82) is 0 Å². The van der Waals surface area contributed by atoms with E-state index in [9.17, 15) is 9.59 Å². The number of carbonyl (C=O) groups is 2. The van der Waals surface area contributed by atoms with Crippen molar-refractivity contribution >= 4 is 23.8 Å². The first-order valence-corrected chi connectivity index (χ1v) is 8.33. The Hall–Kier alpha value is -3.16. The predicted molar refractivity (Wildman–Crippen MR) is 95.9 cm³/mol. The normalized spacial score (nSPS) is 17.1. The second kappa shape index (κ2) is 6.86. The summed E-state index contributed by atoms with van der Waals surface area (Å²) in [4.78, 5) is 28.3. The van der Waals surface area contributed by atoms with Crippen LogP contribution in [0.15, 0.2) is 27.7 Å². The molecule has 8 heteroatoms. The molecule has 2 heterocycles. The van der Waals surface area contributed by atoms with E-state index in [1.54, 1.807) is 32.2 Å². The fourth-order valence-electron chi connectivity index (χ4n) is 2.85. The second-order valence-electron chi connectivity index (χ2n) is 6.58. The first-order chi connectivity index (χ1) is 12.7. The average Bonchev–Trinajstić information content (AvgIpc) is 2.91. The Morgan fingerprint density at radius 2 is 1.85 bits per heavy atom. The van der Waals surface area contributed by atoms with E-state index in [1.165, 1.54) is 20.1 Å². The van der Waals surface area contributed by atoms with E-state index < -0.39 is 23.6 Å². The van der Waals surface area contributed by atoms with Crippen molar-refractivity contribution in [3.8, 4) is 16.9 Å². The van der Waals surface area contributed by atoms with Crippen molar-refractivity contribution < 1.29 is 28.3 Å². The van der Waals surface area contributed by atoms with Crippen LogP contribution in [0.1, 0.15) is 25.3 Å². The molecule has 1 aliphatic heterocycles. The smallest absolute Gasteiger partial charge is 0.329 e. The minimum atomic E-state index is -1.27. The third-order valence-electron chi connectivity index (χ3n) is 4.06. The van der Waals surface area contributed by atoms with E-state index in [2.05, 4.69) is 10.1 Å². The Labute approximate surface area is 156 Å². The summed E-state index contributed by atoms with van der Waals surface area (Å²) in [5, 5.41) is 3.96. The zero-order valence-corrected chi connectivity index (χ0v) is 15.7. The zero-order chi connectivity index (χ0) is 19.8. The molecule has 1 saturated heterocycles. The number of esters is 2. The number of carbonyl (C=O) groups excluding carboxylic acids is 2. The number of benzene rings is 1. The molecule has 1 fully saturated rings. The molecule has 0 atom stereocenters. The Kier molecular flexibility index (Phi) is 4.73. The lowest BCUT2D eigenvalue weighted by Crippen LogP contribution is -2.46. The predicted octanol–water partition coefficient (Wildman–Crippen LogP) is 3.12. The summed E-state index contributed by atoms with van der Waals surface area (Å²) in [6.07, 6.45) is 1.22. The number of ether oxygens (including phenoxy) is 3. The molecule has 0 unspecified atom stereocenters. The van der Waals surface area contributed by atoms with Crippen LogP contribution in [-0.2, 0) is 19.1 Å². The third-order valence-corrected chi connectivity index (χ3v) is 4.06. The Morgan fingerprint density at radius 1 is 1.19 bits per heavy atom. The van der Waals surface area contributed by atoms with Gasteiger partial charge in [0.2, 0.25) is 0 Å². The summed E-state index contributed by atoms with van der Waals surface area (Å²) >= 11 is 0. The Bertz CT molecular complexity index is 889. The van der Waals surface area contributed by atoms with Gasteiger partial charge in [0.25, 0.3) is 5.79 Å². The van der Waals surface area contributed by atoms with Crippen LogP contribution in [0.2, 0.25) is 0 Å². The molecular formula is C19H20N2O6. The number of methoxy groups -OCH3 is 1. The standard InChI is InChI=1S/C19H20N2O6/c1-10-16(11(2)27-21-10)13-8-12(6-7-15(13)24-5)20-9-14-17(22)25-19(3,4)26-18(14)23/h6-9,14H,1-5H3/b20-9+. The number of aryl methyl sites for hydroxylation is 2. The van der Waals surface area contributed by atoms with E-state index in [-0.39, 0.29) is 0 Å². The van der Waals surface area contributed by atoms with Crippen LogP contribution in [0.3, 0.4) is 0 Å². The molecule has 0 spiro atoms. The lowest BCUT2D eigenvalue weighted by molar-refractivity contribution is -0.235. The van der Waals surface area contributed by atoms with Crippen LogP contribution >= 0.6 is 0 Å².